The molecule has 0 radical (unpaired) electrons. The number of rotatable bonds is 5. The molecule has 0 unspecified atom stereocenters. The van der Waals surface area contributed by atoms with Crippen molar-refractivity contribution >= 4 is 22.3 Å². The molecule has 0 fully saturated rings. The fourth-order valence-corrected chi connectivity index (χ4v) is 2.47. The van der Waals surface area contributed by atoms with Crippen LogP contribution in [0.2, 0.25) is 0 Å². The third-order valence-electron chi connectivity index (χ3n) is 3.32. The molecule has 22 heavy (non-hydrogen) atoms. The lowest BCUT2D eigenvalue weighted by atomic mass is 10.1. The first-order valence-electron chi connectivity index (χ1n) is 7.13. The minimum Gasteiger partial charge on any atom is -0.491 e. The Morgan fingerprint density at radius 2 is 1.73 bits per heavy atom. The minimum absolute atomic E-state index is 0.0395. The Morgan fingerprint density at radius 1 is 1.09 bits per heavy atom. The van der Waals surface area contributed by atoms with Crippen molar-refractivity contribution in [3.05, 3.63) is 40.8 Å². The minimum atomic E-state index is -1.07. The number of Topliss-reactive ketones (excluding diaryl/α,β-unsaturated/α-hetero) is 2. The van der Waals surface area contributed by atoms with E-state index >= 15 is 0 Å². The SMILES string of the molecule is CC(=O)C(C(C)=O)n1ccc2cc(OC(C)C)ccc2c1=O. The van der Waals surface area contributed by atoms with Crippen molar-refractivity contribution in [3.63, 3.8) is 0 Å². The van der Waals surface area contributed by atoms with Crippen LogP contribution >= 0.6 is 0 Å². The van der Waals surface area contributed by atoms with Crippen molar-refractivity contribution in [3.8, 4) is 5.75 Å². The predicted molar refractivity (Wildman–Crippen MR) is 84.4 cm³/mol. The van der Waals surface area contributed by atoms with Crippen LogP contribution in [0, 0.1) is 0 Å². The van der Waals surface area contributed by atoms with Gasteiger partial charge in [0.15, 0.2) is 17.6 Å². The maximum Gasteiger partial charge on any atom is 0.259 e. The fourth-order valence-electron chi connectivity index (χ4n) is 2.47. The molecule has 2 aromatic rings. The maximum atomic E-state index is 12.5. The summed E-state index contributed by atoms with van der Waals surface area (Å²) in [5.74, 6) is -0.0308. The van der Waals surface area contributed by atoms with Gasteiger partial charge in [0, 0.05) is 11.6 Å². The van der Waals surface area contributed by atoms with Crippen molar-refractivity contribution in [1.82, 2.24) is 4.57 Å². The molecule has 0 bridgehead atoms. The van der Waals surface area contributed by atoms with Crippen molar-refractivity contribution in [2.45, 2.75) is 39.8 Å². The summed E-state index contributed by atoms with van der Waals surface area (Å²) in [4.78, 5) is 35.8. The van der Waals surface area contributed by atoms with Crippen LogP contribution in [0.25, 0.3) is 10.8 Å². The first kappa shape index (κ1) is 15.9. The predicted octanol–water partition coefficient (Wildman–Crippen LogP) is 2.51. The van der Waals surface area contributed by atoms with E-state index in [1.165, 1.54) is 24.6 Å². The van der Waals surface area contributed by atoms with Crippen molar-refractivity contribution in [2.24, 2.45) is 0 Å². The zero-order chi connectivity index (χ0) is 16.4. The molecule has 0 spiro atoms. The number of ether oxygens (including phenoxy) is 1. The molecule has 0 N–H and O–H groups in total. The van der Waals surface area contributed by atoms with Crippen molar-refractivity contribution in [1.29, 1.82) is 0 Å². The van der Waals surface area contributed by atoms with Gasteiger partial charge >= 0.3 is 0 Å². The van der Waals surface area contributed by atoms with Crippen LogP contribution < -0.4 is 10.3 Å². The number of ketones is 2. The Balaban J connectivity index is 2.58. The molecule has 0 aliphatic carbocycles. The maximum absolute atomic E-state index is 12.5. The Kier molecular flexibility index (Phi) is 4.45. The van der Waals surface area contributed by atoms with Gasteiger partial charge in [0.1, 0.15) is 5.75 Å². The number of pyridine rings is 1. The zero-order valence-electron chi connectivity index (χ0n) is 13.1. The number of hydrogen-bond donors (Lipinski definition) is 0. The molecule has 1 aromatic heterocycles. The molecule has 0 aliphatic rings. The van der Waals surface area contributed by atoms with Gasteiger partial charge in [0.25, 0.3) is 5.56 Å². The normalized spacial score (nSPS) is 11.2. The molecule has 2 rings (SSSR count). The Hall–Kier alpha value is -2.43. The molecule has 0 amide bonds. The lowest BCUT2D eigenvalue weighted by Crippen LogP contribution is -2.32. The third kappa shape index (κ3) is 3.08. The molecule has 1 aromatic carbocycles. The van der Waals surface area contributed by atoms with E-state index in [1.807, 2.05) is 13.8 Å². The van der Waals surface area contributed by atoms with Crippen LogP contribution in [0.5, 0.6) is 5.75 Å². The Labute approximate surface area is 128 Å². The van der Waals surface area contributed by atoms with E-state index in [-0.39, 0.29) is 23.2 Å². The van der Waals surface area contributed by atoms with E-state index < -0.39 is 6.04 Å². The van der Waals surface area contributed by atoms with Gasteiger partial charge in [-0.25, -0.2) is 0 Å². The van der Waals surface area contributed by atoms with E-state index in [0.717, 1.165) is 0 Å². The summed E-state index contributed by atoms with van der Waals surface area (Å²) in [7, 11) is 0. The molecule has 0 atom stereocenters. The number of benzene rings is 1. The monoisotopic (exact) mass is 301 g/mol. The Bertz CT molecular complexity index is 775. The molecule has 5 nitrogen and oxygen atoms in total. The molecular weight excluding hydrogens is 282 g/mol. The summed E-state index contributed by atoms with van der Waals surface area (Å²) in [6.07, 6.45) is 1.52. The van der Waals surface area contributed by atoms with Crippen LogP contribution in [0.1, 0.15) is 33.7 Å². The number of carbonyl (C=O) groups excluding carboxylic acids is 2. The van der Waals surface area contributed by atoms with Gasteiger partial charge in [-0.1, -0.05) is 0 Å². The molecule has 5 heteroatoms. The molecule has 0 saturated heterocycles. The number of nitrogens with zero attached hydrogens (tertiary/aromatic N) is 1. The summed E-state index contributed by atoms with van der Waals surface area (Å²) in [6, 6.07) is 5.79. The lowest BCUT2D eigenvalue weighted by molar-refractivity contribution is -0.129. The van der Waals surface area contributed by atoms with Gasteiger partial charge < -0.3 is 4.74 Å². The topological polar surface area (TPSA) is 65.4 Å². The van der Waals surface area contributed by atoms with Crippen LogP contribution in [-0.4, -0.2) is 22.2 Å². The standard InChI is InChI=1S/C17H19NO4/c1-10(2)22-14-5-6-15-13(9-14)7-8-18(17(15)21)16(11(3)19)12(4)20/h5-10,16H,1-4H3. The fraction of sp³-hybridized carbons (Fsp3) is 0.353. The smallest absolute Gasteiger partial charge is 0.259 e. The lowest BCUT2D eigenvalue weighted by Gasteiger charge is -2.15. The van der Waals surface area contributed by atoms with Gasteiger partial charge in [0.2, 0.25) is 0 Å². The molecule has 0 saturated carbocycles. The second-order valence-corrected chi connectivity index (χ2v) is 5.57. The van der Waals surface area contributed by atoms with Crippen LogP contribution in [-0.2, 0) is 9.59 Å². The molecule has 1 heterocycles. The highest BCUT2D eigenvalue weighted by Gasteiger charge is 2.23. The average molecular weight is 301 g/mol. The zero-order valence-corrected chi connectivity index (χ0v) is 13.1. The first-order valence-corrected chi connectivity index (χ1v) is 7.13. The second-order valence-electron chi connectivity index (χ2n) is 5.57. The van der Waals surface area contributed by atoms with E-state index in [0.29, 0.717) is 16.5 Å². The summed E-state index contributed by atoms with van der Waals surface area (Å²) in [5.41, 5.74) is -0.357. The van der Waals surface area contributed by atoms with Crippen molar-refractivity contribution < 1.29 is 14.3 Å². The first-order chi connectivity index (χ1) is 10.3. The number of hydrogen-bond acceptors (Lipinski definition) is 4. The second kappa shape index (κ2) is 6.13. The summed E-state index contributed by atoms with van der Waals surface area (Å²) < 4.78 is 6.79. The Morgan fingerprint density at radius 3 is 2.27 bits per heavy atom. The van der Waals surface area contributed by atoms with Gasteiger partial charge in [0.05, 0.1) is 6.10 Å². The van der Waals surface area contributed by atoms with E-state index in [4.69, 9.17) is 4.74 Å². The summed E-state index contributed by atoms with van der Waals surface area (Å²) in [5, 5.41) is 1.16. The average Bonchev–Trinajstić information content (AvgIpc) is 2.40. The molecular formula is C17H19NO4. The van der Waals surface area contributed by atoms with Crippen molar-refractivity contribution in [2.75, 3.05) is 0 Å². The summed E-state index contributed by atoms with van der Waals surface area (Å²) >= 11 is 0. The van der Waals surface area contributed by atoms with E-state index in [2.05, 4.69) is 0 Å². The highest BCUT2D eigenvalue weighted by molar-refractivity contribution is 6.02. The van der Waals surface area contributed by atoms with Gasteiger partial charge in [-0.2, -0.15) is 0 Å². The highest BCUT2D eigenvalue weighted by atomic mass is 16.5. The van der Waals surface area contributed by atoms with Crippen LogP contribution in [0.15, 0.2) is 35.3 Å². The summed E-state index contributed by atoms with van der Waals surface area (Å²) in [6.45, 7) is 6.46. The largest absolute Gasteiger partial charge is 0.491 e. The van der Waals surface area contributed by atoms with Crippen LogP contribution in [0.4, 0.5) is 0 Å². The molecule has 0 aliphatic heterocycles. The third-order valence-corrected chi connectivity index (χ3v) is 3.32. The van der Waals surface area contributed by atoms with Gasteiger partial charge in [-0.3, -0.25) is 19.0 Å². The molecule has 116 valence electrons. The van der Waals surface area contributed by atoms with E-state index in [9.17, 15) is 14.4 Å². The van der Waals surface area contributed by atoms with Gasteiger partial charge in [-0.15, -0.1) is 0 Å². The number of carbonyl (C=O) groups is 2. The van der Waals surface area contributed by atoms with Crippen LogP contribution in [0.3, 0.4) is 0 Å². The quantitative estimate of drug-likeness (QED) is 0.796. The number of fused-ring (bicyclic) bond motifs is 1. The van der Waals surface area contributed by atoms with Gasteiger partial charge in [-0.05, 0) is 57.3 Å². The van der Waals surface area contributed by atoms with E-state index in [1.54, 1.807) is 24.3 Å². The highest BCUT2D eigenvalue weighted by Crippen LogP contribution is 2.20. The number of aromatic nitrogens is 1.